The Morgan fingerprint density at radius 3 is 2.60 bits per heavy atom. The van der Waals surface area contributed by atoms with E-state index in [2.05, 4.69) is 29.4 Å². The summed E-state index contributed by atoms with van der Waals surface area (Å²) in [5.74, 6) is 1.84. The minimum Gasteiger partial charge on any atom is -0.339 e. The Morgan fingerprint density at radius 1 is 1.15 bits per heavy atom. The van der Waals surface area contributed by atoms with Gasteiger partial charge in [0.05, 0.1) is 11.3 Å². The van der Waals surface area contributed by atoms with E-state index in [1.54, 1.807) is 0 Å². The highest BCUT2D eigenvalue weighted by atomic mass is 16.5. The summed E-state index contributed by atoms with van der Waals surface area (Å²) in [5, 5.41) is 4.26. The minimum absolute atomic E-state index is 0.00822. The van der Waals surface area contributed by atoms with Gasteiger partial charge < -0.3 is 10.3 Å². The van der Waals surface area contributed by atoms with Gasteiger partial charge in [-0.3, -0.25) is 0 Å². The molecule has 0 radical (unpaired) electrons. The van der Waals surface area contributed by atoms with Gasteiger partial charge >= 0.3 is 0 Å². The summed E-state index contributed by atoms with van der Waals surface area (Å²) in [7, 11) is 0. The van der Waals surface area contributed by atoms with Crippen LogP contribution in [0.1, 0.15) is 55.3 Å². The van der Waals surface area contributed by atoms with E-state index >= 15 is 0 Å². The number of hydrogen-bond acceptors (Lipinski definition) is 4. The molecule has 4 rings (SSSR count). The van der Waals surface area contributed by atoms with Crippen LogP contribution in [0.4, 0.5) is 0 Å². The highest BCUT2D eigenvalue weighted by Gasteiger charge is 2.50. The predicted molar refractivity (Wildman–Crippen MR) is 75.3 cm³/mol. The molecule has 1 heterocycles. The van der Waals surface area contributed by atoms with Crippen molar-refractivity contribution in [3.05, 3.63) is 47.6 Å². The van der Waals surface area contributed by atoms with E-state index in [1.165, 1.54) is 5.56 Å². The summed E-state index contributed by atoms with van der Waals surface area (Å²) in [6.45, 7) is 0. The largest absolute Gasteiger partial charge is 0.339 e. The molecular weight excluding hydrogens is 250 g/mol. The van der Waals surface area contributed by atoms with Crippen LogP contribution in [0.3, 0.4) is 0 Å². The van der Waals surface area contributed by atoms with Gasteiger partial charge in [-0.1, -0.05) is 41.9 Å². The second kappa shape index (κ2) is 4.42. The SMILES string of the molecule is NC1CCCC1c1nc(C2(c3ccccc3)CC2)no1. The topological polar surface area (TPSA) is 64.9 Å². The van der Waals surface area contributed by atoms with Crippen LogP contribution in [0.5, 0.6) is 0 Å². The second-order valence-electron chi connectivity index (χ2n) is 6.11. The smallest absolute Gasteiger partial charge is 0.231 e. The van der Waals surface area contributed by atoms with Crippen LogP contribution < -0.4 is 5.73 Å². The first-order chi connectivity index (χ1) is 9.79. The van der Waals surface area contributed by atoms with Gasteiger partial charge in [-0.15, -0.1) is 0 Å². The third-order valence-corrected chi connectivity index (χ3v) is 4.83. The van der Waals surface area contributed by atoms with Crippen molar-refractivity contribution < 1.29 is 4.52 Å². The lowest BCUT2D eigenvalue weighted by Gasteiger charge is -2.11. The van der Waals surface area contributed by atoms with Crippen LogP contribution in [0.2, 0.25) is 0 Å². The third-order valence-electron chi connectivity index (χ3n) is 4.83. The van der Waals surface area contributed by atoms with Gasteiger partial charge in [0.15, 0.2) is 5.82 Å². The van der Waals surface area contributed by atoms with E-state index in [0.29, 0.717) is 0 Å². The lowest BCUT2D eigenvalue weighted by Crippen LogP contribution is -2.23. The maximum Gasteiger partial charge on any atom is 0.231 e. The third kappa shape index (κ3) is 1.79. The van der Waals surface area contributed by atoms with Crippen LogP contribution in [0, 0.1) is 0 Å². The molecule has 4 nitrogen and oxygen atoms in total. The molecule has 20 heavy (non-hydrogen) atoms. The van der Waals surface area contributed by atoms with E-state index in [4.69, 9.17) is 15.2 Å². The van der Waals surface area contributed by atoms with Gasteiger partial charge in [-0.2, -0.15) is 4.98 Å². The average molecular weight is 269 g/mol. The fourth-order valence-electron chi connectivity index (χ4n) is 3.40. The number of nitrogens with zero attached hydrogens (tertiary/aromatic N) is 2. The van der Waals surface area contributed by atoms with Gasteiger partial charge in [0, 0.05) is 6.04 Å². The molecule has 2 N–H and O–H groups in total. The summed E-state index contributed by atoms with van der Waals surface area (Å²) in [5.41, 5.74) is 7.41. The molecule has 2 saturated carbocycles. The zero-order valence-corrected chi connectivity index (χ0v) is 11.5. The van der Waals surface area contributed by atoms with E-state index in [-0.39, 0.29) is 17.4 Å². The molecule has 1 aromatic carbocycles. The highest BCUT2D eigenvalue weighted by Crippen LogP contribution is 2.52. The van der Waals surface area contributed by atoms with Crippen molar-refractivity contribution in [3.8, 4) is 0 Å². The van der Waals surface area contributed by atoms with Crippen LogP contribution in [-0.4, -0.2) is 16.2 Å². The Labute approximate surface area is 118 Å². The zero-order valence-electron chi connectivity index (χ0n) is 11.5. The monoisotopic (exact) mass is 269 g/mol. The van der Waals surface area contributed by atoms with Gasteiger partial charge in [-0.25, -0.2) is 0 Å². The molecular formula is C16H19N3O. The molecule has 0 bridgehead atoms. The average Bonchev–Trinajstić information content (AvgIpc) is 2.94. The quantitative estimate of drug-likeness (QED) is 0.930. The lowest BCUT2D eigenvalue weighted by atomic mass is 9.95. The number of benzene rings is 1. The maximum absolute atomic E-state index is 6.13. The Hall–Kier alpha value is -1.68. The van der Waals surface area contributed by atoms with Crippen LogP contribution in [0.25, 0.3) is 0 Å². The molecule has 0 saturated heterocycles. The molecule has 2 unspecified atom stereocenters. The van der Waals surface area contributed by atoms with E-state index in [9.17, 15) is 0 Å². The van der Waals surface area contributed by atoms with Crippen LogP contribution in [0.15, 0.2) is 34.9 Å². The minimum atomic E-state index is -0.00822. The first-order valence-electron chi connectivity index (χ1n) is 7.45. The number of rotatable bonds is 3. The maximum atomic E-state index is 6.13. The molecule has 2 aliphatic rings. The molecule has 1 aromatic heterocycles. The van der Waals surface area contributed by atoms with Crippen molar-refractivity contribution in [1.82, 2.24) is 10.1 Å². The molecule has 2 atom stereocenters. The van der Waals surface area contributed by atoms with Gasteiger partial charge in [0.1, 0.15) is 0 Å². The summed E-state index contributed by atoms with van der Waals surface area (Å²) < 4.78 is 5.53. The number of nitrogens with two attached hydrogens (primary N) is 1. The fraction of sp³-hybridized carbons (Fsp3) is 0.500. The molecule has 0 spiro atoms. The zero-order chi connectivity index (χ0) is 13.6. The fourth-order valence-corrected chi connectivity index (χ4v) is 3.40. The standard InChI is InChI=1S/C16H19N3O/c17-13-8-4-7-12(13)14-18-15(19-20-14)16(9-10-16)11-5-2-1-3-6-11/h1-3,5-6,12-13H,4,7-10,17H2. The second-order valence-corrected chi connectivity index (χ2v) is 6.11. The number of aromatic nitrogens is 2. The molecule has 2 aliphatic carbocycles. The summed E-state index contributed by atoms with van der Waals surface area (Å²) in [4.78, 5) is 4.70. The van der Waals surface area contributed by atoms with E-state index in [0.717, 1.165) is 43.8 Å². The molecule has 4 heteroatoms. The van der Waals surface area contributed by atoms with Crippen molar-refractivity contribution in [2.75, 3.05) is 0 Å². The summed E-state index contributed by atoms with van der Waals surface area (Å²) in [6.07, 6.45) is 5.50. The van der Waals surface area contributed by atoms with Gasteiger partial charge in [0.25, 0.3) is 0 Å². The van der Waals surface area contributed by atoms with E-state index in [1.807, 2.05) is 6.07 Å². The van der Waals surface area contributed by atoms with Gasteiger partial charge in [-0.05, 0) is 31.2 Å². The normalized spacial score (nSPS) is 27.6. The van der Waals surface area contributed by atoms with Crippen molar-refractivity contribution in [3.63, 3.8) is 0 Å². The molecule has 104 valence electrons. The Kier molecular flexibility index (Phi) is 2.67. The van der Waals surface area contributed by atoms with Crippen molar-refractivity contribution in [2.24, 2.45) is 5.73 Å². The predicted octanol–water partition coefficient (Wildman–Crippen LogP) is 2.74. The molecule has 2 fully saturated rings. The van der Waals surface area contributed by atoms with Crippen LogP contribution >= 0.6 is 0 Å². The van der Waals surface area contributed by atoms with Crippen LogP contribution in [-0.2, 0) is 5.41 Å². The Morgan fingerprint density at radius 2 is 1.95 bits per heavy atom. The first-order valence-corrected chi connectivity index (χ1v) is 7.45. The number of hydrogen-bond donors (Lipinski definition) is 1. The summed E-state index contributed by atoms with van der Waals surface area (Å²) >= 11 is 0. The first kappa shape index (κ1) is 12.1. The van der Waals surface area contributed by atoms with Gasteiger partial charge in [0.2, 0.25) is 5.89 Å². The van der Waals surface area contributed by atoms with E-state index < -0.39 is 0 Å². The molecule has 0 aliphatic heterocycles. The lowest BCUT2D eigenvalue weighted by molar-refractivity contribution is 0.340. The Bertz CT molecular complexity index is 603. The van der Waals surface area contributed by atoms with Crippen molar-refractivity contribution in [1.29, 1.82) is 0 Å². The summed E-state index contributed by atoms with van der Waals surface area (Å²) in [6, 6.07) is 10.7. The Balaban J connectivity index is 1.65. The van der Waals surface area contributed by atoms with Crippen molar-refractivity contribution >= 4 is 0 Å². The van der Waals surface area contributed by atoms with Crippen molar-refractivity contribution in [2.45, 2.75) is 49.5 Å². The molecule has 2 aromatic rings. The highest BCUT2D eigenvalue weighted by molar-refractivity contribution is 5.38. The molecule has 0 amide bonds.